The van der Waals surface area contributed by atoms with Crippen LogP contribution in [0.4, 0.5) is 0 Å². The number of allylic oxidation sites excluding steroid dienone is 5. The van der Waals surface area contributed by atoms with E-state index in [9.17, 15) is 4.79 Å². The fraction of sp³-hybridized carbons (Fsp3) is 0.273. The number of halogens is 1. The van der Waals surface area contributed by atoms with Gasteiger partial charge in [0.2, 0.25) is 0 Å². The first-order valence-electron chi connectivity index (χ1n) is 9.74. The van der Waals surface area contributed by atoms with Crippen molar-refractivity contribution in [3.63, 3.8) is 0 Å². The quantitative estimate of drug-likeness (QED) is 0.682. The third-order valence-electron chi connectivity index (χ3n) is 5.32. The largest absolute Gasteiger partial charge is 0.306 e. The number of dihydropyridines is 1. The van der Waals surface area contributed by atoms with Crippen LogP contribution in [-0.4, -0.2) is 26.4 Å². The Hall–Kier alpha value is -2.44. The van der Waals surface area contributed by atoms with E-state index in [2.05, 4.69) is 26.7 Å². The summed E-state index contributed by atoms with van der Waals surface area (Å²) in [7, 11) is 0. The number of rotatable bonds is 5. The van der Waals surface area contributed by atoms with Gasteiger partial charge in [-0.05, 0) is 54.8 Å². The number of aliphatic imine (C=N–C) groups is 1. The summed E-state index contributed by atoms with van der Waals surface area (Å²) in [5.74, 6) is 1.12. The molecular weight excluding hydrogens is 404 g/mol. The van der Waals surface area contributed by atoms with Crippen LogP contribution in [0.15, 0.2) is 68.6 Å². The van der Waals surface area contributed by atoms with Crippen LogP contribution in [0.25, 0.3) is 5.57 Å². The van der Waals surface area contributed by atoms with Crippen LogP contribution in [0.3, 0.4) is 0 Å². The van der Waals surface area contributed by atoms with Crippen molar-refractivity contribution in [1.82, 2.24) is 14.8 Å². The number of benzene rings is 1. The average molecular weight is 423 g/mol. The molecule has 1 amide bonds. The molecule has 2 aromatic rings. The van der Waals surface area contributed by atoms with Crippen LogP contribution in [0.2, 0.25) is 0 Å². The van der Waals surface area contributed by atoms with E-state index in [-0.39, 0.29) is 11.8 Å². The number of nitrogens with zero attached hydrogens (tertiary/aromatic N) is 4. The summed E-state index contributed by atoms with van der Waals surface area (Å²) >= 11 is 7.67. The molecule has 5 rings (SSSR count). The number of hydrogen-bond donors (Lipinski definition) is 0. The second-order valence-corrected chi connectivity index (χ2v) is 8.69. The summed E-state index contributed by atoms with van der Waals surface area (Å²) < 4.78 is 2.12. The van der Waals surface area contributed by atoms with Crippen molar-refractivity contribution in [1.29, 1.82) is 0 Å². The zero-order valence-corrected chi connectivity index (χ0v) is 17.5. The summed E-state index contributed by atoms with van der Waals surface area (Å²) in [5.41, 5.74) is 2.63. The molecule has 146 valence electrons. The van der Waals surface area contributed by atoms with Crippen LogP contribution in [0.1, 0.15) is 37.1 Å². The first-order chi connectivity index (χ1) is 14.2. The van der Waals surface area contributed by atoms with E-state index in [0.29, 0.717) is 15.9 Å². The van der Waals surface area contributed by atoms with Gasteiger partial charge in [-0.25, -0.2) is 4.99 Å². The van der Waals surface area contributed by atoms with Gasteiger partial charge in [-0.2, -0.15) is 0 Å². The summed E-state index contributed by atoms with van der Waals surface area (Å²) in [4.78, 5) is 18.0. The number of amides is 1. The zero-order chi connectivity index (χ0) is 20.0. The van der Waals surface area contributed by atoms with Crippen molar-refractivity contribution in [2.75, 3.05) is 0 Å². The van der Waals surface area contributed by atoms with E-state index in [1.165, 1.54) is 11.8 Å². The molecule has 0 spiro atoms. The SMILES string of the molecule is CCn1c(SC2=C(c3ccccc3)C3C=C(Cl)C=CC3=NC2=O)nnc1C1CC1. The number of thioether (sulfide) groups is 1. The van der Waals surface area contributed by atoms with Gasteiger partial charge in [0.15, 0.2) is 5.16 Å². The second kappa shape index (κ2) is 7.43. The van der Waals surface area contributed by atoms with E-state index >= 15 is 0 Å². The summed E-state index contributed by atoms with van der Waals surface area (Å²) in [6.45, 7) is 2.86. The van der Waals surface area contributed by atoms with Crippen molar-refractivity contribution < 1.29 is 4.79 Å². The second-order valence-electron chi connectivity index (χ2n) is 7.27. The Bertz CT molecular complexity index is 1110. The molecule has 0 bridgehead atoms. The van der Waals surface area contributed by atoms with Gasteiger partial charge in [0, 0.05) is 23.4 Å². The normalized spacial score (nSPS) is 21.2. The van der Waals surface area contributed by atoms with Crippen molar-refractivity contribution in [3.05, 3.63) is 69.9 Å². The predicted molar refractivity (Wildman–Crippen MR) is 116 cm³/mol. The molecule has 1 unspecified atom stereocenters. The molecular formula is C22H19ClN4OS. The maximum Gasteiger partial charge on any atom is 0.284 e. The number of carbonyl (C=O) groups excluding carboxylic acids is 1. The third-order valence-corrected chi connectivity index (χ3v) is 6.66. The number of aromatic nitrogens is 3. The minimum atomic E-state index is -0.241. The van der Waals surface area contributed by atoms with Gasteiger partial charge in [-0.3, -0.25) is 4.79 Å². The molecule has 1 aliphatic heterocycles. The monoisotopic (exact) mass is 422 g/mol. The Morgan fingerprint density at radius 1 is 1.17 bits per heavy atom. The smallest absolute Gasteiger partial charge is 0.284 e. The lowest BCUT2D eigenvalue weighted by Gasteiger charge is -2.26. The standard InChI is InChI=1S/C22H19ClN4OS/c1-2-27-20(14-8-9-14)25-26-22(27)29-19-18(13-6-4-3-5-7-13)16-12-15(23)10-11-17(16)24-21(19)28/h3-7,10-12,14,16H,2,8-9H2,1H3. The van der Waals surface area contributed by atoms with Gasteiger partial charge in [-0.1, -0.05) is 48.0 Å². The van der Waals surface area contributed by atoms with Crippen molar-refractivity contribution in [3.8, 4) is 0 Å². The molecule has 3 aliphatic rings. The molecule has 0 saturated heterocycles. The zero-order valence-electron chi connectivity index (χ0n) is 15.9. The van der Waals surface area contributed by atoms with Crippen molar-refractivity contribution >= 4 is 40.6 Å². The van der Waals surface area contributed by atoms with Crippen LogP contribution < -0.4 is 0 Å². The van der Waals surface area contributed by atoms with Crippen LogP contribution in [-0.2, 0) is 11.3 Å². The van der Waals surface area contributed by atoms with Gasteiger partial charge in [0.1, 0.15) is 5.82 Å². The van der Waals surface area contributed by atoms with Gasteiger partial charge >= 0.3 is 0 Å². The van der Waals surface area contributed by atoms with Crippen LogP contribution in [0, 0.1) is 5.92 Å². The summed E-state index contributed by atoms with van der Waals surface area (Å²) in [6, 6.07) is 9.96. The van der Waals surface area contributed by atoms with E-state index in [1.807, 2.05) is 42.5 Å². The lowest BCUT2D eigenvalue weighted by molar-refractivity contribution is -0.113. The van der Waals surface area contributed by atoms with Gasteiger partial charge in [-0.15, -0.1) is 10.2 Å². The number of fused-ring (bicyclic) bond motifs is 1. The first-order valence-corrected chi connectivity index (χ1v) is 10.9. The Kier molecular flexibility index (Phi) is 4.76. The van der Waals surface area contributed by atoms with Crippen molar-refractivity contribution in [2.45, 2.75) is 37.4 Å². The molecule has 0 radical (unpaired) electrons. The van der Waals surface area contributed by atoms with Crippen molar-refractivity contribution in [2.24, 2.45) is 10.9 Å². The maximum absolute atomic E-state index is 13.1. The molecule has 1 atom stereocenters. The topological polar surface area (TPSA) is 60.1 Å². The van der Waals surface area contributed by atoms with Crippen LogP contribution in [0.5, 0.6) is 0 Å². The lowest BCUT2D eigenvalue weighted by Crippen LogP contribution is -2.23. The van der Waals surface area contributed by atoms with E-state index in [4.69, 9.17) is 11.6 Å². The third kappa shape index (κ3) is 3.40. The molecule has 1 fully saturated rings. The van der Waals surface area contributed by atoms with Gasteiger partial charge in [0.05, 0.1) is 10.6 Å². The molecule has 5 nitrogen and oxygen atoms in total. The fourth-order valence-corrected chi connectivity index (χ4v) is 5.04. The fourth-order valence-electron chi connectivity index (χ4n) is 3.77. The Morgan fingerprint density at radius 2 is 1.97 bits per heavy atom. The first kappa shape index (κ1) is 18.6. The minimum Gasteiger partial charge on any atom is -0.306 e. The highest BCUT2D eigenvalue weighted by atomic mass is 35.5. The molecule has 2 heterocycles. The van der Waals surface area contributed by atoms with E-state index in [0.717, 1.165) is 47.2 Å². The van der Waals surface area contributed by atoms with Gasteiger partial charge < -0.3 is 4.57 Å². The highest BCUT2D eigenvalue weighted by molar-refractivity contribution is 8.04. The van der Waals surface area contributed by atoms with E-state index < -0.39 is 0 Å². The molecule has 1 aromatic heterocycles. The lowest BCUT2D eigenvalue weighted by atomic mass is 9.84. The predicted octanol–water partition coefficient (Wildman–Crippen LogP) is 4.97. The highest BCUT2D eigenvalue weighted by Gasteiger charge is 2.35. The Morgan fingerprint density at radius 3 is 2.69 bits per heavy atom. The highest BCUT2D eigenvalue weighted by Crippen LogP contribution is 2.44. The Labute approximate surface area is 178 Å². The minimum absolute atomic E-state index is 0.156. The summed E-state index contributed by atoms with van der Waals surface area (Å²) in [6.07, 6.45) is 7.88. The van der Waals surface area contributed by atoms with Crippen LogP contribution >= 0.6 is 23.4 Å². The molecule has 0 N–H and O–H groups in total. The molecule has 1 aromatic carbocycles. The average Bonchev–Trinajstić information content (AvgIpc) is 3.50. The molecule has 2 aliphatic carbocycles. The summed E-state index contributed by atoms with van der Waals surface area (Å²) in [5, 5.41) is 10.2. The Balaban J connectivity index is 1.63. The number of carbonyl (C=O) groups is 1. The molecule has 1 saturated carbocycles. The maximum atomic E-state index is 13.1. The molecule has 7 heteroatoms. The number of hydrogen-bond acceptors (Lipinski definition) is 4. The van der Waals surface area contributed by atoms with E-state index in [1.54, 1.807) is 6.08 Å². The molecule has 29 heavy (non-hydrogen) atoms. The van der Waals surface area contributed by atoms with Gasteiger partial charge in [0.25, 0.3) is 5.91 Å².